The molecule has 0 aliphatic heterocycles. The standard InChI is InChI=1S/C23H16Cl2F5N9O/c24-14-2-4-18(38-11-19(25)34-36-38)20(21(14)26)12-1-3-15(31-7-12)17(5-6-40-23(29)30)37-10-13(8-32-37)16-9-33-39(35-16)22(27)28/h1-4,7-11,17,22-23H,5-6H2. The van der Waals surface area contributed by atoms with E-state index in [9.17, 15) is 17.6 Å². The number of halogens is 7. The Balaban J connectivity index is 1.49. The largest absolute Gasteiger partial charge is 0.348 e. The van der Waals surface area contributed by atoms with Gasteiger partial charge in [0.05, 0.1) is 47.6 Å². The van der Waals surface area contributed by atoms with Crippen molar-refractivity contribution in [2.75, 3.05) is 6.61 Å². The van der Waals surface area contributed by atoms with Crippen LogP contribution >= 0.6 is 23.2 Å². The number of ether oxygens (including phenoxy) is 1. The van der Waals surface area contributed by atoms with Crippen molar-refractivity contribution in [2.45, 2.75) is 25.6 Å². The normalized spacial score (nSPS) is 12.5. The van der Waals surface area contributed by atoms with Crippen LogP contribution in [-0.2, 0) is 4.74 Å². The number of alkyl halides is 4. The van der Waals surface area contributed by atoms with Crippen molar-refractivity contribution in [1.82, 2.24) is 44.8 Å². The highest BCUT2D eigenvalue weighted by atomic mass is 35.5. The Labute approximate surface area is 231 Å². The maximum atomic E-state index is 15.2. The van der Waals surface area contributed by atoms with E-state index in [1.54, 1.807) is 18.2 Å². The second kappa shape index (κ2) is 11.7. The molecule has 208 valence electrons. The van der Waals surface area contributed by atoms with Crippen LogP contribution in [0.4, 0.5) is 22.0 Å². The molecular weight excluding hydrogens is 584 g/mol. The first kappa shape index (κ1) is 27.6. The first-order valence-corrected chi connectivity index (χ1v) is 12.1. The molecule has 0 bridgehead atoms. The third-order valence-electron chi connectivity index (χ3n) is 5.74. The molecule has 1 aromatic carbocycles. The van der Waals surface area contributed by atoms with Gasteiger partial charge < -0.3 is 4.74 Å². The van der Waals surface area contributed by atoms with Crippen molar-refractivity contribution in [3.8, 4) is 28.1 Å². The topological polar surface area (TPSA) is 101 Å². The third kappa shape index (κ3) is 5.80. The summed E-state index contributed by atoms with van der Waals surface area (Å²) >= 11 is 11.9. The minimum atomic E-state index is -2.98. The smallest absolute Gasteiger partial charge is 0.323 e. The van der Waals surface area contributed by atoms with Crippen LogP contribution in [0.2, 0.25) is 10.2 Å². The number of aromatic nitrogens is 9. The molecule has 0 radical (unpaired) electrons. The van der Waals surface area contributed by atoms with Crippen molar-refractivity contribution in [1.29, 1.82) is 0 Å². The molecule has 1 unspecified atom stereocenters. The number of rotatable bonds is 10. The van der Waals surface area contributed by atoms with Crippen molar-refractivity contribution >= 4 is 23.2 Å². The molecule has 0 N–H and O–H groups in total. The molecule has 5 rings (SSSR count). The average molecular weight is 600 g/mol. The Morgan fingerprint density at radius 3 is 2.40 bits per heavy atom. The van der Waals surface area contributed by atoms with Gasteiger partial charge in [-0.25, -0.2) is 9.07 Å². The molecule has 4 heterocycles. The molecule has 0 amide bonds. The molecule has 0 aliphatic rings. The van der Waals surface area contributed by atoms with Crippen LogP contribution in [0, 0.1) is 5.82 Å². The summed E-state index contributed by atoms with van der Waals surface area (Å²) in [5.74, 6) is -0.726. The molecule has 10 nitrogen and oxygen atoms in total. The number of pyridine rings is 1. The maximum absolute atomic E-state index is 15.2. The van der Waals surface area contributed by atoms with Crippen LogP contribution < -0.4 is 0 Å². The summed E-state index contributed by atoms with van der Waals surface area (Å²) in [5.41, 5.74) is 1.58. The zero-order chi connectivity index (χ0) is 28.4. The van der Waals surface area contributed by atoms with Gasteiger partial charge >= 0.3 is 13.2 Å². The summed E-state index contributed by atoms with van der Waals surface area (Å²) in [6, 6.07) is 5.32. The first-order valence-electron chi connectivity index (χ1n) is 11.4. The highest BCUT2D eigenvalue weighted by Gasteiger charge is 2.22. The van der Waals surface area contributed by atoms with E-state index >= 15 is 4.39 Å². The van der Waals surface area contributed by atoms with Gasteiger partial charge in [0.15, 0.2) is 11.0 Å². The molecule has 5 aromatic rings. The highest BCUT2D eigenvalue weighted by molar-refractivity contribution is 6.31. The summed E-state index contributed by atoms with van der Waals surface area (Å²) < 4.78 is 73.4. The molecule has 0 saturated heterocycles. The molecule has 0 spiro atoms. The zero-order valence-electron chi connectivity index (χ0n) is 19.9. The third-order valence-corrected chi connectivity index (χ3v) is 6.20. The number of nitrogens with zero attached hydrogens (tertiary/aromatic N) is 9. The lowest BCUT2D eigenvalue weighted by Crippen LogP contribution is -2.16. The lowest BCUT2D eigenvalue weighted by Gasteiger charge is -2.18. The van der Waals surface area contributed by atoms with Crippen LogP contribution in [0.3, 0.4) is 0 Å². The van der Waals surface area contributed by atoms with Gasteiger partial charge in [-0.2, -0.15) is 27.8 Å². The minimum absolute atomic E-state index is 0.0236. The van der Waals surface area contributed by atoms with Crippen LogP contribution in [-0.4, -0.2) is 58.0 Å². The van der Waals surface area contributed by atoms with Crippen molar-refractivity contribution < 1.29 is 26.7 Å². The highest BCUT2D eigenvalue weighted by Crippen LogP contribution is 2.34. The minimum Gasteiger partial charge on any atom is -0.323 e. The van der Waals surface area contributed by atoms with Gasteiger partial charge in [-0.15, -0.1) is 15.0 Å². The van der Waals surface area contributed by atoms with E-state index in [4.69, 9.17) is 23.2 Å². The van der Waals surface area contributed by atoms with Crippen molar-refractivity contribution in [3.63, 3.8) is 0 Å². The SMILES string of the molecule is Fc1c(Cl)ccc(-n2cc(Cl)nn2)c1-c1ccc(C(CCOC(F)F)n2cc(-c3cnn(C(F)F)n3)cn2)nc1. The van der Waals surface area contributed by atoms with E-state index in [1.807, 2.05) is 0 Å². The summed E-state index contributed by atoms with van der Waals surface area (Å²) in [4.78, 5) is 4.68. The molecule has 0 saturated carbocycles. The maximum Gasteiger partial charge on any atom is 0.348 e. The van der Waals surface area contributed by atoms with Crippen molar-refractivity contribution in [3.05, 3.63) is 76.9 Å². The van der Waals surface area contributed by atoms with E-state index in [-0.39, 0.29) is 39.3 Å². The van der Waals surface area contributed by atoms with E-state index in [1.165, 1.54) is 40.2 Å². The fraction of sp³-hybridized carbons (Fsp3) is 0.217. The Morgan fingerprint density at radius 2 is 1.75 bits per heavy atom. The summed E-state index contributed by atoms with van der Waals surface area (Å²) in [6.45, 7) is -6.25. The van der Waals surface area contributed by atoms with Gasteiger partial charge in [0.1, 0.15) is 5.69 Å². The Bertz CT molecular complexity index is 1610. The monoisotopic (exact) mass is 599 g/mol. The predicted octanol–water partition coefficient (Wildman–Crippen LogP) is 5.84. The van der Waals surface area contributed by atoms with E-state index in [2.05, 4.69) is 35.3 Å². The van der Waals surface area contributed by atoms with E-state index in [0.29, 0.717) is 22.5 Å². The first-order chi connectivity index (χ1) is 19.2. The molecule has 40 heavy (non-hydrogen) atoms. The zero-order valence-corrected chi connectivity index (χ0v) is 21.4. The van der Waals surface area contributed by atoms with Gasteiger partial charge in [0, 0.05) is 29.1 Å². The molecule has 1 atom stereocenters. The van der Waals surface area contributed by atoms with Crippen LogP contribution in [0.25, 0.3) is 28.1 Å². The van der Waals surface area contributed by atoms with Gasteiger partial charge in [0.25, 0.3) is 0 Å². The molecule has 17 heteroatoms. The fourth-order valence-electron chi connectivity index (χ4n) is 3.94. The summed E-state index contributed by atoms with van der Waals surface area (Å²) in [5, 5.41) is 19.0. The second-order valence-electron chi connectivity index (χ2n) is 8.19. The van der Waals surface area contributed by atoms with Gasteiger partial charge in [-0.05, 0) is 24.6 Å². The lowest BCUT2D eigenvalue weighted by molar-refractivity contribution is -0.130. The Kier molecular flexibility index (Phi) is 8.04. The molecule has 0 fully saturated rings. The van der Waals surface area contributed by atoms with Gasteiger partial charge in [-0.1, -0.05) is 34.5 Å². The fourth-order valence-corrected chi connectivity index (χ4v) is 4.23. The Hall–Kier alpha value is -3.95. The van der Waals surface area contributed by atoms with Crippen LogP contribution in [0.5, 0.6) is 0 Å². The quantitative estimate of drug-likeness (QED) is 0.186. The molecule has 4 aromatic heterocycles. The Morgan fingerprint density at radius 1 is 0.925 bits per heavy atom. The summed E-state index contributed by atoms with van der Waals surface area (Å²) in [6.07, 6.45) is 6.80. The average Bonchev–Trinajstić information content (AvgIpc) is 3.69. The second-order valence-corrected chi connectivity index (χ2v) is 8.98. The van der Waals surface area contributed by atoms with E-state index in [0.717, 1.165) is 6.20 Å². The van der Waals surface area contributed by atoms with Gasteiger partial charge in [-0.3, -0.25) is 9.67 Å². The van der Waals surface area contributed by atoms with Crippen molar-refractivity contribution in [2.24, 2.45) is 0 Å². The number of hydrogen-bond donors (Lipinski definition) is 0. The van der Waals surface area contributed by atoms with Crippen LogP contribution in [0.1, 0.15) is 24.7 Å². The van der Waals surface area contributed by atoms with Crippen LogP contribution in [0.15, 0.2) is 55.2 Å². The molecular formula is C23H16Cl2F5N9O. The van der Waals surface area contributed by atoms with Gasteiger partial charge in [0.2, 0.25) is 0 Å². The van der Waals surface area contributed by atoms with E-state index < -0.39 is 25.0 Å². The summed E-state index contributed by atoms with van der Waals surface area (Å²) in [7, 11) is 0. The predicted molar refractivity (Wildman–Crippen MR) is 132 cm³/mol. The lowest BCUT2D eigenvalue weighted by atomic mass is 10.0. The number of hydrogen-bond acceptors (Lipinski definition) is 7. The number of benzene rings is 1. The molecule has 0 aliphatic carbocycles.